The normalized spacial score (nSPS) is 9.75. The van der Waals surface area contributed by atoms with Crippen LogP contribution in [0.15, 0.2) is 29.1 Å². The Morgan fingerprint density at radius 2 is 2.38 bits per heavy atom. The number of hydrogen-bond donors (Lipinski definition) is 1. The van der Waals surface area contributed by atoms with Gasteiger partial charge in [0.05, 0.1) is 17.8 Å². The molecule has 0 bridgehead atoms. The van der Waals surface area contributed by atoms with Crippen LogP contribution in [0, 0.1) is 11.3 Å². The van der Waals surface area contributed by atoms with Crippen LogP contribution < -0.4 is 5.32 Å². The molecule has 0 aliphatic heterocycles. The monoisotopic (exact) mass is 234 g/mol. The molecule has 2 aromatic rings. The Morgan fingerprint density at radius 3 is 3.06 bits per heavy atom. The topological polar surface area (TPSA) is 74.7 Å². The van der Waals surface area contributed by atoms with Crippen molar-refractivity contribution in [3.63, 3.8) is 0 Å². The molecule has 16 heavy (non-hydrogen) atoms. The van der Waals surface area contributed by atoms with Gasteiger partial charge in [-0.1, -0.05) is 16.8 Å². The highest BCUT2D eigenvalue weighted by Crippen LogP contribution is 2.20. The average molecular weight is 235 g/mol. The Balaban J connectivity index is 2.13. The van der Waals surface area contributed by atoms with Gasteiger partial charge in [-0.3, -0.25) is 0 Å². The lowest BCUT2D eigenvalue weighted by molar-refractivity contribution is 0.411. The minimum Gasteiger partial charge on any atom is -0.377 e. The fourth-order valence-corrected chi connectivity index (χ4v) is 1.38. The number of anilines is 1. The predicted molar refractivity (Wildman–Crippen MR) is 57.8 cm³/mol. The molecule has 1 aromatic heterocycles. The van der Waals surface area contributed by atoms with E-state index in [1.807, 2.05) is 0 Å². The van der Waals surface area contributed by atoms with Crippen LogP contribution in [0.3, 0.4) is 0 Å². The summed E-state index contributed by atoms with van der Waals surface area (Å²) >= 11 is 5.78. The molecule has 6 heteroatoms. The molecule has 5 nitrogen and oxygen atoms in total. The fourth-order valence-electron chi connectivity index (χ4n) is 1.21. The standard InChI is InChI=1S/C10H7ClN4O/c11-8-1-2-9(7(3-8)4-12)13-5-10-14-6-16-15-10/h1-3,6,13H,5H2. The van der Waals surface area contributed by atoms with E-state index in [0.29, 0.717) is 28.6 Å². The van der Waals surface area contributed by atoms with E-state index in [-0.39, 0.29) is 0 Å². The molecule has 0 aliphatic rings. The summed E-state index contributed by atoms with van der Waals surface area (Å²) in [6, 6.07) is 7.10. The summed E-state index contributed by atoms with van der Waals surface area (Å²) in [4.78, 5) is 3.86. The number of rotatable bonds is 3. The molecular formula is C10H7ClN4O. The summed E-state index contributed by atoms with van der Waals surface area (Å²) in [7, 11) is 0. The van der Waals surface area contributed by atoms with E-state index in [2.05, 4.69) is 26.0 Å². The number of halogens is 1. The molecule has 0 unspecified atom stereocenters. The maximum atomic E-state index is 8.90. The van der Waals surface area contributed by atoms with Crippen LogP contribution in [-0.2, 0) is 6.54 Å². The lowest BCUT2D eigenvalue weighted by atomic mass is 10.2. The smallest absolute Gasteiger partial charge is 0.213 e. The summed E-state index contributed by atoms with van der Waals surface area (Å²) in [5.74, 6) is 0.527. The van der Waals surface area contributed by atoms with Gasteiger partial charge >= 0.3 is 0 Å². The summed E-state index contributed by atoms with van der Waals surface area (Å²) in [5, 5.41) is 16.1. The predicted octanol–water partition coefficient (Wildman–Crippen LogP) is 2.21. The molecule has 2 rings (SSSR count). The Bertz CT molecular complexity index is 518. The van der Waals surface area contributed by atoms with Gasteiger partial charge in [0.15, 0.2) is 5.82 Å². The Morgan fingerprint density at radius 1 is 1.50 bits per heavy atom. The van der Waals surface area contributed by atoms with Crippen molar-refractivity contribution >= 4 is 17.3 Å². The van der Waals surface area contributed by atoms with Crippen molar-refractivity contribution in [2.24, 2.45) is 0 Å². The molecule has 0 amide bonds. The van der Waals surface area contributed by atoms with Crippen molar-refractivity contribution in [3.05, 3.63) is 41.0 Å². The SMILES string of the molecule is N#Cc1cc(Cl)ccc1NCc1ncon1. The van der Waals surface area contributed by atoms with Crippen molar-refractivity contribution in [1.29, 1.82) is 5.26 Å². The zero-order valence-corrected chi connectivity index (χ0v) is 8.90. The average Bonchev–Trinajstić information content (AvgIpc) is 2.80. The first-order chi connectivity index (χ1) is 7.79. The van der Waals surface area contributed by atoms with Crippen molar-refractivity contribution in [2.45, 2.75) is 6.54 Å². The van der Waals surface area contributed by atoms with E-state index in [1.165, 1.54) is 6.39 Å². The highest BCUT2D eigenvalue weighted by Gasteiger charge is 2.04. The first-order valence-electron chi connectivity index (χ1n) is 4.48. The molecule has 0 fully saturated rings. The van der Waals surface area contributed by atoms with Crippen LogP contribution in [0.5, 0.6) is 0 Å². The fraction of sp³-hybridized carbons (Fsp3) is 0.100. The summed E-state index contributed by atoms with van der Waals surface area (Å²) in [6.07, 6.45) is 1.25. The van der Waals surface area contributed by atoms with Crippen LogP contribution in [0.4, 0.5) is 5.69 Å². The number of hydrogen-bond acceptors (Lipinski definition) is 5. The quantitative estimate of drug-likeness (QED) is 0.881. The second kappa shape index (κ2) is 4.64. The van der Waals surface area contributed by atoms with E-state index >= 15 is 0 Å². The highest BCUT2D eigenvalue weighted by molar-refractivity contribution is 6.30. The number of benzene rings is 1. The third-order valence-corrected chi connectivity index (χ3v) is 2.18. The van der Waals surface area contributed by atoms with Crippen molar-refractivity contribution in [2.75, 3.05) is 5.32 Å². The minimum atomic E-state index is 0.396. The zero-order valence-electron chi connectivity index (χ0n) is 8.14. The van der Waals surface area contributed by atoms with E-state index < -0.39 is 0 Å². The van der Waals surface area contributed by atoms with Crippen molar-refractivity contribution in [3.8, 4) is 6.07 Å². The van der Waals surface area contributed by atoms with Crippen LogP contribution >= 0.6 is 11.6 Å². The van der Waals surface area contributed by atoms with Gasteiger partial charge in [-0.15, -0.1) is 0 Å². The third-order valence-electron chi connectivity index (χ3n) is 1.95. The van der Waals surface area contributed by atoms with Gasteiger partial charge in [0.1, 0.15) is 6.07 Å². The van der Waals surface area contributed by atoms with E-state index in [4.69, 9.17) is 16.9 Å². The van der Waals surface area contributed by atoms with E-state index in [0.717, 1.165) is 0 Å². The second-order valence-corrected chi connectivity index (χ2v) is 3.44. The molecule has 0 atom stereocenters. The Hall–Kier alpha value is -2.06. The molecule has 0 saturated carbocycles. The van der Waals surface area contributed by atoms with Gasteiger partial charge < -0.3 is 9.84 Å². The molecule has 80 valence electrons. The van der Waals surface area contributed by atoms with Crippen LogP contribution in [0.1, 0.15) is 11.4 Å². The first kappa shape index (κ1) is 10.5. The van der Waals surface area contributed by atoms with Crippen molar-refractivity contribution < 1.29 is 4.52 Å². The van der Waals surface area contributed by atoms with E-state index in [1.54, 1.807) is 18.2 Å². The van der Waals surface area contributed by atoms with Gasteiger partial charge in [0.25, 0.3) is 0 Å². The molecular weight excluding hydrogens is 228 g/mol. The number of aromatic nitrogens is 2. The highest BCUT2D eigenvalue weighted by atomic mass is 35.5. The third kappa shape index (κ3) is 2.30. The largest absolute Gasteiger partial charge is 0.377 e. The zero-order chi connectivity index (χ0) is 11.4. The lowest BCUT2D eigenvalue weighted by Crippen LogP contribution is -2.02. The van der Waals surface area contributed by atoms with Gasteiger partial charge in [-0.05, 0) is 18.2 Å². The number of nitrogens with zero attached hydrogens (tertiary/aromatic N) is 3. The first-order valence-corrected chi connectivity index (χ1v) is 4.86. The Labute approximate surface area is 96.6 Å². The molecule has 0 spiro atoms. The molecule has 0 radical (unpaired) electrons. The number of nitriles is 1. The minimum absolute atomic E-state index is 0.396. The van der Waals surface area contributed by atoms with Gasteiger partial charge in [-0.25, -0.2) is 0 Å². The van der Waals surface area contributed by atoms with Crippen LogP contribution in [-0.4, -0.2) is 10.1 Å². The van der Waals surface area contributed by atoms with Crippen LogP contribution in [0.2, 0.25) is 5.02 Å². The summed E-state index contributed by atoms with van der Waals surface area (Å²) in [6.45, 7) is 0.396. The molecule has 1 heterocycles. The maximum absolute atomic E-state index is 8.90. The molecule has 1 aromatic carbocycles. The maximum Gasteiger partial charge on any atom is 0.213 e. The molecule has 0 saturated heterocycles. The number of nitrogens with one attached hydrogen (secondary N) is 1. The second-order valence-electron chi connectivity index (χ2n) is 3.00. The van der Waals surface area contributed by atoms with Gasteiger partial charge in [0, 0.05) is 5.02 Å². The Kier molecular flexibility index (Phi) is 3.03. The molecule has 0 aliphatic carbocycles. The van der Waals surface area contributed by atoms with Crippen molar-refractivity contribution in [1.82, 2.24) is 10.1 Å². The van der Waals surface area contributed by atoms with Gasteiger partial charge in [0.2, 0.25) is 6.39 Å². The van der Waals surface area contributed by atoms with Crippen LogP contribution in [0.25, 0.3) is 0 Å². The lowest BCUT2D eigenvalue weighted by Gasteiger charge is -2.05. The summed E-state index contributed by atoms with van der Waals surface area (Å²) in [5.41, 5.74) is 1.17. The van der Waals surface area contributed by atoms with Gasteiger partial charge in [-0.2, -0.15) is 10.2 Å². The summed E-state index contributed by atoms with van der Waals surface area (Å²) < 4.78 is 4.59. The molecule has 1 N–H and O–H groups in total. The van der Waals surface area contributed by atoms with E-state index in [9.17, 15) is 0 Å².